The topological polar surface area (TPSA) is 348 Å². The van der Waals surface area contributed by atoms with Crippen LogP contribution in [0.4, 0.5) is 10.5 Å². The lowest BCUT2D eigenvalue weighted by atomic mass is 9.83. The van der Waals surface area contributed by atoms with Crippen molar-refractivity contribution in [2.24, 2.45) is 21.7 Å². The van der Waals surface area contributed by atoms with Crippen molar-refractivity contribution in [1.82, 2.24) is 66.3 Å². The minimum Gasteiger partial charge on any atom is -0.497 e. The number of rotatable bonds is 26. The second-order valence-corrected chi connectivity index (χ2v) is 42.6. The number of amides is 11. The van der Waals surface area contributed by atoms with Crippen molar-refractivity contribution in [3.05, 3.63) is 241 Å². The van der Waals surface area contributed by atoms with Gasteiger partial charge in [0.05, 0.1) is 82.4 Å². The molecule has 141 heavy (non-hydrogen) atoms. The molecule has 32 heteroatoms. The molecule has 11 amide bonds. The number of imide groups is 1. The van der Waals surface area contributed by atoms with Gasteiger partial charge in [0.1, 0.15) is 59.8 Å². The Morgan fingerprint density at radius 3 is 1.94 bits per heavy atom. The average Bonchev–Trinajstić information content (AvgIpc) is 1.61. The standard InChI is InChI=1S/C34H38Cl2N4O4.C33H46N4O4.C25H36N4O3S.C17H19N3O3/c1-21(2)19-38-16-17-39(20-30(38)41)34(42)40-32(24-8-12-26(36)13-9-24)31(23-6-10-25(35)11-7-23)37-33(40)28-15-14-27(43-5)18-29(28)44-22(3)4;1-20(2)41-25-16-15-23-18-28(31(39)35-27-14-10-12-22-11-8-9-13-26(22)27)37(19-24(23)17-25)32(40)29(33(4,5)6)36-30(38)21(3)34-7;1-15(2)28-22(25(4,5)6)24(32)29-13-19(30)11-20(29)23(31)26-12-17-7-9-18(10-8-17)21-16(3)27-14-33-21;1-9(2)18-12-6-4-5-11-14(12)17(23)20(16(11)22)13-8-7-10(3)19-15(13)21/h6-15,18,21-22,31-32H,16-17,19-20H2,1-5H3;8-9,11,13,15-17,20-21,27-29,34H,10,12,14,18-19H2,1-7H3,(H,35,39)(H,36,38);7-10,14-15,19-20,22,28,30H,11-13H2,1-6H3,(H,26,31);4-6,9,13,18H,3,7-8H2,1-2H3,(H,19,21)/t;21-,27?,28-,29+;19-,20+,22-;/m.01./s1. The monoisotopic (exact) mass is 1980 g/mol. The van der Waals surface area contributed by atoms with Gasteiger partial charge in [-0.15, -0.1) is 11.3 Å². The molecule has 0 saturated carbocycles. The van der Waals surface area contributed by atoms with Gasteiger partial charge in [0.2, 0.25) is 41.4 Å². The minimum atomic E-state index is -0.812. The SMILES string of the molecule is C=C1CCC(N2C(=O)c3cccc(NC(C)C)c3C2=O)C(=O)N1.CN[C@@H](C)C(=O)N[C@H](C(=O)N1Cc2cc(OC(C)C)ccc2C[C@H]1C(=O)NC1CCCc2ccccc21)C(C)(C)C.COc1ccc(C2=NC(c3ccc(Cl)cc3)C(c3ccc(Cl)cc3)N2C(=O)N2CCN(CC(C)C)C(=O)C2)c(OC(C)C)c1.Cc1ncsc1-c1ccc(CNC(=O)[C@@H]2C[C@@H](O)CN2C(=O)[C@@H](NC(C)C)C(C)(C)C)cc1. The molecule has 0 radical (unpaired) electrons. The number of fused-ring (bicyclic) bond motifs is 3. The van der Waals surface area contributed by atoms with E-state index in [2.05, 4.69) is 74.8 Å². The van der Waals surface area contributed by atoms with Crippen LogP contribution in [-0.4, -0.2) is 218 Å². The van der Waals surface area contributed by atoms with E-state index in [1.807, 2.05) is 236 Å². The summed E-state index contributed by atoms with van der Waals surface area (Å²) in [7, 11) is 3.31. The predicted octanol–water partition coefficient (Wildman–Crippen LogP) is 16.3. The van der Waals surface area contributed by atoms with E-state index in [0.717, 1.165) is 79.4 Å². The number of aliphatic hydroxyl groups excluding tert-OH is 1. The second-order valence-electron chi connectivity index (χ2n) is 40.9. The van der Waals surface area contributed by atoms with Gasteiger partial charge in [-0.3, -0.25) is 57.9 Å². The fourth-order valence-electron chi connectivity index (χ4n) is 18.6. The summed E-state index contributed by atoms with van der Waals surface area (Å²) in [5.74, 6) is 0.361. The molecule has 15 rings (SSSR count). The Balaban J connectivity index is 0.000000172. The van der Waals surface area contributed by atoms with Crippen molar-refractivity contribution in [3.8, 4) is 27.7 Å². The first-order chi connectivity index (χ1) is 66.8. The number of likely N-dealkylation sites (tertiary alicyclic amines) is 1. The quantitative estimate of drug-likeness (QED) is 0.0233. The molecule has 3 fully saturated rings. The van der Waals surface area contributed by atoms with E-state index >= 15 is 0 Å². The molecule has 3 saturated heterocycles. The van der Waals surface area contributed by atoms with Gasteiger partial charge < -0.3 is 76.1 Å². The van der Waals surface area contributed by atoms with E-state index in [9.17, 15) is 53.1 Å². The fraction of sp³-hybridized carbons (Fsp3) is 0.468. The highest BCUT2D eigenvalue weighted by molar-refractivity contribution is 7.13. The number of aryl methyl sites for hydroxylation is 2. The number of thiazole rings is 1. The molecule has 6 aliphatic heterocycles. The Labute approximate surface area is 843 Å². The molecule has 8 aromatic rings. The van der Waals surface area contributed by atoms with E-state index in [1.54, 1.807) is 70.2 Å². The van der Waals surface area contributed by atoms with E-state index in [4.69, 9.17) is 42.4 Å². The van der Waals surface area contributed by atoms with Crippen molar-refractivity contribution in [3.63, 3.8) is 0 Å². The molecule has 0 bridgehead atoms. The molecule has 754 valence electrons. The van der Waals surface area contributed by atoms with Crippen LogP contribution >= 0.6 is 34.5 Å². The Kier molecular flexibility index (Phi) is 36.1. The van der Waals surface area contributed by atoms with Crippen LogP contribution in [0.15, 0.2) is 174 Å². The molecule has 0 spiro atoms. The number of halogens is 2. The number of methoxy groups -OCH3 is 1. The lowest BCUT2D eigenvalue weighted by Gasteiger charge is -2.42. The first-order valence-corrected chi connectivity index (χ1v) is 50.5. The van der Waals surface area contributed by atoms with Crippen LogP contribution in [0.2, 0.25) is 10.0 Å². The highest BCUT2D eigenvalue weighted by Crippen LogP contribution is 2.47. The molecular weight excluding hydrogens is 1850 g/mol. The van der Waals surface area contributed by atoms with Gasteiger partial charge in [-0.2, -0.15) is 0 Å². The smallest absolute Gasteiger partial charge is 0.326 e. The van der Waals surface area contributed by atoms with E-state index in [1.165, 1.54) is 5.56 Å². The number of β-amino-alcohol motifs (C(OH)–C–C–N with tert-alkyl or cyclic N) is 1. The fourth-order valence-corrected chi connectivity index (χ4v) is 19.7. The minimum absolute atomic E-state index is 0.00769. The van der Waals surface area contributed by atoms with Crippen molar-refractivity contribution < 1.29 is 67.3 Å². The number of ether oxygens (including phenoxy) is 3. The maximum absolute atomic E-state index is 14.7. The first-order valence-electron chi connectivity index (χ1n) is 48.8. The van der Waals surface area contributed by atoms with Crippen LogP contribution in [-0.2, 0) is 59.5 Å². The van der Waals surface area contributed by atoms with Gasteiger partial charge in [-0.1, -0.05) is 184 Å². The van der Waals surface area contributed by atoms with Crippen LogP contribution in [0.25, 0.3) is 10.4 Å². The summed E-state index contributed by atoms with van der Waals surface area (Å²) < 4.78 is 17.7. The Bertz CT molecular complexity index is 5870. The van der Waals surface area contributed by atoms with Crippen molar-refractivity contribution in [1.29, 1.82) is 0 Å². The number of aliphatic imine (C=N–C) groups is 1. The number of benzene rings is 7. The molecular formula is C109H139Cl2N15O14S. The number of amidine groups is 1. The van der Waals surface area contributed by atoms with Crippen molar-refractivity contribution in [2.45, 2.75) is 267 Å². The third kappa shape index (κ3) is 26.7. The largest absolute Gasteiger partial charge is 0.497 e. The van der Waals surface area contributed by atoms with E-state index < -0.39 is 71.7 Å². The summed E-state index contributed by atoms with van der Waals surface area (Å²) in [6.45, 7) is 41.5. The van der Waals surface area contributed by atoms with Gasteiger partial charge in [-0.25, -0.2) is 9.78 Å². The van der Waals surface area contributed by atoms with Gasteiger partial charge >= 0.3 is 6.03 Å². The molecule has 8 N–H and O–H groups in total. The molecule has 7 aromatic carbocycles. The number of nitrogens with zero attached hydrogens (tertiary/aromatic N) is 8. The number of urea groups is 1. The molecule has 4 unspecified atom stereocenters. The summed E-state index contributed by atoms with van der Waals surface area (Å²) in [5, 5.41) is 32.8. The molecule has 10 atom stereocenters. The van der Waals surface area contributed by atoms with E-state index in [0.29, 0.717) is 107 Å². The zero-order valence-corrected chi connectivity index (χ0v) is 87.1. The number of likely N-dealkylation sites (N-methyl/N-ethyl adjacent to an activating group) is 1. The van der Waals surface area contributed by atoms with Crippen LogP contribution in [0.5, 0.6) is 17.2 Å². The number of piperidine rings is 1. The zero-order chi connectivity index (χ0) is 102. The van der Waals surface area contributed by atoms with Crippen LogP contribution in [0.1, 0.15) is 239 Å². The van der Waals surface area contributed by atoms with Gasteiger partial charge in [0, 0.05) is 91.7 Å². The molecule has 7 aliphatic rings. The molecule has 1 aliphatic carbocycles. The maximum Gasteiger partial charge on any atom is 0.326 e. The number of hydrogen-bond acceptors (Lipinski definition) is 20. The highest BCUT2D eigenvalue weighted by atomic mass is 35.5. The maximum atomic E-state index is 14.7. The Morgan fingerprint density at radius 1 is 0.667 bits per heavy atom. The second kappa shape index (κ2) is 47.2. The number of allylic oxidation sites excluding steroid dienone is 1. The highest BCUT2D eigenvalue weighted by Gasteiger charge is 2.50. The Hall–Kier alpha value is -12.1. The van der Waals surface area contributed by atoms with Crippen molar-refractivity contribution >= 4 is 105 Å². The number of hydrogen-bond donors (Lipinski definition) is 8. The summed E-state index contributed by atoms with van der Waals surface area (Å²) in [6, 6.07) is 42.8. The van der Waals surface area contributed by atoms with Crippen molar-refractivity contribution in [2.75, 3.05) is 52.2 Å². The number of aromatic nitrogens is 1. The number of piperazine rings is 1. The molecule has 7 heterocycles. The third-order valence-corrected chi connectivity index (χ3v) is 27.3. The third-order valence-electron chi connectivity index (χ3n) is 25.8. The number of carbonyl (C=O) groups excluding carboxylic acids is 10. The number of aliphatic hydroxyl groups is 1. The van der Waals surface area contributed by atoms with Gasteiger partial charge in [0.15, 0.2) is 0 Å². The number of anilines is 1. The van der Waals surface area contributed by atoms with Crippen LogP contribution in [0, 0.1) is 23.7 Å². The summed E-state index contributed by atoms with van der Waals surface area (Å²) >= 11 is 14.2. The zero-order valence-electron chi connectivity index (χ0n) is 84.8. The molecule has 29 nitrogen and oxygen atoms in total. The Morgan fingerprint density at radius 2 is 1.33 bits per heavy atom. The van der Waals surface area contributed by atoms with Crippen LogP contribution < -0.4 is 51.4 Å². The summed E-state index contributed by atoms with van der Waals surface area (Å²) in [4.78, 5) is 153. The lowest BCUT2D eigenvalue weighted by molar-refractivity contribution is -0.147. The molecule has 1 aromatic heterocycles. The lowest BCUT2D eigenvalue weighted by Crippen LogP contribution is -2.62. The summed E-state index contributed by atoms with van der Waals surface area (Å²) in [6.07, 6.45) is 3.63. The first kappa shape index (κ1) is 108. The average molecular weight is 1990 g/mol. The van der Waals surface area contributed by atoms with Crippen LogP contribution in [0.3, 0.4) is 0 Å². The number of carbonyl (C=O) groups is 10. The number of nitrogens with one attached hydrogen (secondary N) is 7. The van der Waals surface area contributed by atoms with E-state index in [-0.39, 0.29) is 109 Å². The normalized spacial score (nSPS) is 19.6. The van der Waals surface area contributed by atoms with Gasteiger partial charge in [0.25, 0.3) is 11.8 Å². The predicted molar refractivity (Wildman–Crippen MR) is 552 cm³/mol. The summed E-state index contributed by atoms with van der Waals surface area (Å²) in [5.41, 5.74) is 12.7. The van der Waals surface area contributed by atoms with Gasteiger partial charge in [-0.05, 0) is 216 Å².